The summed E-state index contributed by atoms with van der Waals surface area (Å²) in [7, 11) is -2.12. The summed E-state index contributed by atoms with van der Waals surface area (Å²) in [6.07, 6.45) is 5.95. The minimum absolute atomic E-state index is 0.0683. The van der Waals surface area contributed by atoms with E-state index in [0.717, 1.165) is 11.1 Å². The van der Waals surface area contributed by atoms with Crippen LogP contribution in [0.5, 0.6) is 0 Å². The minimum atomic E-state index is -3.65. The van der Waals surface area contributed by atoms with Crippen molar-refractivity contribution in [2.45, 2.75) is 11.4 Å². The summed E-state index contributed by atoms with van der Waals surface area (Å²) >= 11 is 0. The molecule has 6 nitrogen and oxygen atoms in total. The predicted molar refractivity (Wildman–Crippen MR) is 90.4 cm³/mol. The standard InChI is InChI=1S/C17H16N4O2S/c1-21(13-14-7-9-18-10-8-14)24(22,23)16-11-19-17(20-12-16)15-5-3-2-4-6-15/h2-12H,13H2,1H3. The van der Waals surface area contributed by atoms with Crippen LogP contribution in [-0.2, 0) is 16.6 Å². The van der Waals surface area contributed by atoms with E-state index in [0.29, 0.717) is 5.82 Å². The van der Waals surface area contributed by atoms with E-state index in [1.807, 2.05) is 30.3 Å². The van der Waals surface area contributed by atoms with Crippen molar-refractivity contribution in [3.05, 3.63) is 72.8 Å². The van der Waals surface area contributed by atoms with Crippen LogP contribution in [0, 0.1) is 0 Å². The fourth-order valence-corrected chi connectivity index (χ4v) is 3.25. The first kappa shape index (κ1) is 16.2. The van der Waals surface area contributed by atoms with Gasteiger partial charge in [0, 0.05) is 31.5 Å². The van der Waals surface area contributed by atoms with Crippen LogP contribution in [0.1, 0.15) is 5.56 Å². The normalized spacial score (nSPS) is 11.6. The minimum Gasteiger partial charge on any atom is -0.265 e. The van der Waals surface area contributed by atoms with E-state index in [-0.39, 0.29) is 11.4 Å². The Hall–Kier alpha value is -2.64. The Morgan fingerprint density at radius 1 is 0.958 bits per heavy atom. The van der Waals surface area contributed by atoms with Gasteiger partial charge in [-0.3, -0.25) is 4.98 Å². The van der Waals surface area contributed by atoms with Gasteiger partial charge in [-0.05, 0) is 17.7 Å². The van der Waals surface area contributed by atoms with E-state index in [1.165, 1.54) is 23.7 Å². The highest BCUT2D eigenvalue weighted by atomic mass is 32.2. The van der Waals surface area contributed by atoms with Crippen LogP contribution in [0.2, 0.25) is 0 Å². The molecule has 2 heterocycles. The molecule has 0 amide bonds. The van der Waals surface area contributed by atoms with Crippen LogP contribution in [0.25, 0.3) is 11.4 Å². The lowest BCUT2D eigenvalue weighted by Crippen LogP contribution is -2.26. The maximum atomic E-state index is 12.6. The first-order chi connectivity index (χ1) is 11.6. The first-order valence-corrected chi connectivity index (χ1v) is 8.74. The Balaban J connectivity index is 1.82. The lowest BCUT2D eigenvalue weighted by Gasteiger charge is -2.16. The maximum Gasteiger partial charge on any atom is 0.246 e. The number of aromatic nitrogens is 3. The third kappa shape index (κ3) is 3.47. The molecule has 0 aliphatic carbocycles. The van der Waals surface area contributed by atoms with Gasteiger partial charge in [-0.1, -0.05) is 30.3 Å². The third-order valence-corrected chi connectivity index (χ3v) is 5.28. The topological polar surface area (TPSA) is 76.1 Å². The molecule has 0 saturated heterocycles. The molecule has 2 aromatic heterocycles. The molecule has 0 bridgehead atoms. The third-order valence-electron chi connectivity index (χ3n) is 3.52. The van der Waals surface area contributed by atoms with Crippen molar-refractivity contribution >= 4 is 10.0 Å². The lowest BCUT2D eigenvalue weighted by atomic mass is 10.2. The van der Waals surface area contributed by atoms with Gasteiger partial charge in [0.15, 0.2) is 5.82 Å². The Kier molecular flexibility index (Phi) is 4.64. The number of benzene rings is 1. The second-order valence-corrected chi connectivity index (χ2v) is 7.27. The number of hydrogen-bond acceptors (Lipinski definition) is 5. The monoisotopic (exact) mass is 340 g/mol. The average Bonchev–Trinajstić information content (AvgIpc) is 2.63. The van der Waals surface area contributed by atoms with Crippen molar-refractivity contribution in [1.82, 2.24) is 19.3 Å². The molecule has 24 heavy (non-hydrogen) atoms. The zero-order valence-electron chi connectivity index (χ0n) is 13.1. The highest BCUT2D eigenvalue weighted by molar-refractivity contribution is 7.89. The lowest BCUT2D eigenvalue weighted by molar-refractivity contribution is 0.466. The van der Waals surface area contributed by atoms with Crippen molar-refractivity contribution in [3.63, 3.8) is 0 Å². The number of pyridine rings is 1. The average molecular weight is 340 g/mol. The Morgan fingerprint density at radius 3 is 2.21 bits per heavy atom. The van der Waals surface area contributed by atoms with Gasteiger partial charge in [0.1, 0.15) is 4.90 Å². The molecule has 7 heteroatoms. The molecule has 0 atom stereocenters. The van der Waals surface area contributed by atoms with Gasteiger partial charge < -0.3 is 0 Å². The van der Waals surface area contributed by atoms with Crippen LogP contribution in [-0.4, -0.2) is 34.7 Å². The molecule has 0 fully saturated rings. The van der Waals surface area contributed by atoms with Crippen molar-refractivity contribution in [2.24, 2.45) is 0 Å². The van der Waals surface area contributed by atoms with E-state index >= 15 is 0 Å². The quantitative estimate of drug-likeness (QED) is 0.713. The van der Waals surface area contributed by atoms with Gasteiger partial charge in [-0.15, -0.1) is 0 Å². The largest absolute Gasteiger partial charge is 0.265 e. The van der Waals surface area contributed by atoms with E-state index in [4.69, 9.17) is 0 Å². The SMILES string of the molecule is CN(Cc1ccncc1)S(=O)(=O)c1cnc(-c2ccccc2)nc1. The van der Waals surface area contributed by atoms with Crippen LogP contribution >= 0.6 is 0 Å². The molecule has 0 unspecified atom stereocenters. The summed E-state index contributed by atoms with van der Waals surface area (Å²) in [5.74, 6) is 0.492. The second-order valence-electron chi connectivity index (χ2n) is 5.22. The van der Waals surface area contributed by atoms with Crippen LogP contribution in [0.3, 0.4) is 0 Å². The number of hydrogen-bond donors (Lipinski definition) is 0. The molecule has 3 aromatic rings. The maximum absolute atomic E-state index is 12.6. The molecule has 0 saturated carbocycles. The summed E-state index contributed by atoms with van der Waals surface area (Å²) in [6, 6.07) is 13.0. The highest BCUT2D eigenvalue weighted by Crippen LogP contribution is 2.18. The summed E-state index contributed by atoms with van der Waals surface area (Å²) < 4.78 is 26.5. The summed E-state index contributed by atoms with van der Waals surface area (Å²) in [6.45, 7) is 0.255. The Labute approximate surface area is 140 Å². The van der Waals surface area contributed by atoms with Gasteiger partial charge in [0.2, 0.25) is 10.0 Å². The molecule has 0 spiro atoms. The molecular weight excluding hydrogens is 324 g/mol. The van der Waals surface area contributed by atoms with Gasteiger partial charge in [-0.25, -0.2) is 18.4 Å². The summed E-state index contributed by atoms with van der Waals surface area (Å²) in [4.78, 5) is 12.3. The second kappa shape index (κ2) is 6.86. The fraction of sp³-hybridized carbons (Fsp3) is 0.118. The van der Waals surface area contributed by atoms with E-state index in [9.17, 15) is 8.42 Å². The Bertz CT molecular complexity index is 898. The number of rotatable bonds is 5. The van der Waals surface area contributed by atoms with Gasteiger partial charge in [0.05, 0.1) is 12.4 Å². The van der Waals surface area contributed by atoms with Gasteiger partial charge in [-0.2, -0.15) is 4.31 Å². The summed E-state index contributed by atoms with van der Waals surface area (Å²) in [5, 5.41) is 0. The predicted octanol–water partition coefficient (Wildman–Crippen LogP) is 2.36. The molecule has 3 rings (SSSR count). The number of sulfonamides is 1. The van der Waals surface area contributed by atoms with E-state index in [1.54, 1.807) is 24.5 Å². The number of nitrogens with zero attached hydrogens (tertiary/aromatic N) is 4. The van der Waals surface area contributed by atoms with Crippen LogP contribution in [0.4, 0.5) is 0 Å². The Morgan fingerprint density at radius 2 is 1.58 bits per heavy atom. The highest BCUT2D eigenvalue weighted by Gasteiger charge is 2.22. The molecule has 0 radical (unpaired) electrons. The van der Waals surface area contributed by atoms with Crippen molar-refractivity contribution in [3.8, 4) is 11.4 Å². The zero-order chi connectivity index (χ0) is 17.0. The van der Waals surface area contributed by atoms with Crippen molar-refractivity contribution in [1.29, 1.82) is 0 Å². The van der Waals surface area contributed by atoms with Gasteiger partial charge in [0.25, 0.3) is 0 Å². The first-order valence-electron chi connectivity index (χ1n) is 7.30. The van der Waals surface area contributed by atoms with Crippen LogP contribution in [0.15, 0.2) is 72.1 Å². The zero-order valence-corrected chi connectivity index (χ0v) is 13.9. The summed E-state index contributed by atoms with van der Waals surface area (Å²) in [5.41, 5.74) is 1.70. The molecule has 122 valence electrons. The smallest absolute Gasteiger partial charge is 0.246 e. The van der Waals surface area contributed by atoms with Crippen LogP contribution < -0.4 is 0 Å². The molecule has 0 N–H and O–H groups in total. The molecule has 1 aromatic carbocycles. The van der Waals surface area contributed by atoms with Gasteiger partial charge >= 0.3 is 0 Å². The van der Waals surface area contributed by atoms with Crippen molar-refractivity contribution < 1.29 is 8.42 Å². The molecule has 0 aliphatic heterocycles. The van der Waals surface area contributed by atoms with E-state index in [2.05, 4.69) is 15.0 Å². The molecule has 0 aliphatic rings. The molecular formula is C17H16N4O2S. The van der Waals surface area contributed by atoms with E-state index < -0.39 is 10.0 Å². The fourth-order valence-electron chi connectivity index (χ4n) is 2.20. The van der Waals surface area contributed by atoms with Crippen molar-refractivity contribution in [2.75, 3.05) is 7.05 Å².